The molecule has 2 N–H and O–H groups in total. The van der Waals surface area contributed by atoms with E-state index in [0.717, 1.165) is 23.7 Å². The van der Waals surface area contributed by atoms with Crippen molar-refractivity contribution in [2.75, 3.05) is 24.7 Å². The number of anilines is 2. The highest BCUT2D eigenvalue weighted by Crippen LogP contribution is 2.26. The van der Waals surface area contributed by atoms with Gasteiger partial charge in [0.25, 0.3) is 11.8 Å². The number of nitrogens with zero attached hydrogens (tertiary/aromatic N) is 3. The SMILES string of the molecule is C=CC(=NC=C(C)C(=O)N(C)C)Nc1snc(C)c1C(=O)Nc1ccc(F)c(F)c1. The number of amides is 2. The third-order valence-electron chi connectivity index (χ3n) is 3.84. The van der Waals surface area contributed by atoms with Crippen molar-refractivity contribution in [3.63, 3.8) is 0 Å². The van der Waals surface area contributed by atoms with Crippen LogP contribution < -0.4 is 10.6 Å². The fourth-order valence-electron chi connectivity index (χ4n) is 2.32. The van der Waals surface area contributed by atoms with Gasteiger partial charge in [0.1, 0.15) is 10.8 Å². The summed E-state index contributed by atoms with van der Waals surface area (Å²) in [7, 11) is 3.27. The van der Waals surface area contributed by atoms with Gasteiger partial charge in [0.05, 0.1) is 11.3 Å². The van der Waals surface area contributed by atoms with Crippen LogP contribution in [0.1, 0.15) is 23.0 Å². The maximum Gasteiger partial charge on any atom is 0.260 e. The molecule has 2 aromatic rings. The van der Waals surface area contributed by atoms with Crippen LogP contribution >= 0.6 is 11.5 Å². The number of aryl methyl sites for hydroxylation is 1. The number of aliphatic imine (C=N–C) groups is 1. The fourth-order valence-corrected chi connectivity index (χ4v) is 3.12. The van der Waals surface area contributed by atoms with Gasteiger partial charge in [-0.2, -0.15) is 4.37 Å². The van der Waals surface area contributed by atoms with Crippen LogP contribution in [0.25, 0.3) is 0 Å². The Labute approximate surface area is 177 Å². The average molecular weight is 433 g/mol. The van der Waals surface area contributed by atoms with E-state index in [9.17, 15) is 18.4 Å². The molecule has 1 heterocycles. The zero-order valence-electron chi connectivity index (χ0n) is 16.9. The van der Waals surface area contributed by atoms with Gasteiger partial charge in [-0.1, -0.05) is 6.58 Å². The van der Waals surface area contributed by atoms with Gasteiger partial charge in [0.15, 0.2) is 11.6 Å². The Bertz CT molecular complexity index is 1040. The van der Waals surface area contributed by atoms with Crippen molar-refractivity contribution in [3.05, 3.63) is 65.5 Å². The zero-order valence-corrected chi connectivity index (χ0v) is 17.7. The van der Waals surface area contributed by atoms with E-state index in [1.165, 1.54) is 23.2 Å². The third-order valence-corrected chi connectivity index (χ3v) is 4.70. The maximum atomic E-state index is 13.4. The van der Waals surface area contributed by atoms with Gasteiger partial charge in [-0.3, -0.25) is 9.59 Å². The minimum absolute atomic E-state index is 0.105. The molecular formula is C20H21F2N5O2S. The lowest BCUT2D eigenvalue weighted by Gasteiger charge is -2.10. The Kier molecular flexibility index (Phi) is 7.54. The quantitative estimate of drug-likeness (QED) is 0.410. The summed E-state index contributed by atoms with van der Waals surface area (Å²) in [5.74, 6) is -2.52. The number of halogens is 2. The van der Waals surface area contributed by atoms with Crippen molar-refractivity contribution < 1.29 is 18.4 Å². The van der Waals surface area contributed by atoms with Crippen molar-refractivity contribution >= 4 is 39.9 Å². The van der Waals surface area contributed by atoms with Crippen molar-refractivity contribution in [2.45, 2.75) is 13.8 Å². The van der Waals surface area contributed by atoms with E-state index >= 15 is 0 Å². The molecule has 2 rings (SSSR count). The lowest BCUT2D eigenvalue weighted by atomic mass is 10.2. The fraction of sp³-hybridized carbons (Fsp3) is 0.200. The predicted molar refractivity (Wildman–Crippen MR) is 115 cm³/mol. The molecule has 7 nitrogen and oxygen atoms in total. The summed E-state index contributed by atoms with van der Waals surface area (Å²) in [6.45, 7) is 6.94. The molecule has 1 aromatic heterocycles. The second-order valence-corrected chi connectivity index (χ2v) is 7.18. The zero-order chi connectivity index (χ0) is 22.4. The Hall–Kier alpha value is -3.40. The Morgan fingerprint density at radius 3 is 2.53 bits per heavy atom. The number of amidine groups is 1. The third kappa shape index (κ3) is 5.57. The van der Waals surface area contributed by atoms with Crippen LogP contribution in [0.5, 0.6) is 0 Å². The number of carbonyl (C=O) groups is 2. The molecule has 0 atom stereocenters. The standard InChI is InChI=1S/C20H21F2N5O2S/c1-6-16(23-10-11(2)20(29)27(4)5)25-19-17(12(3)26-30-19)18(28)24-13-7-8-14(21)15(22)9-13/h6-10H,1H2,2-5H3,(H,23,25)(H,24,28). The van der Waals surface area contributed by atoms with Crippen LogP contribution in [0.15, 0.2) is 47.6 Å². The molecular weight excluding hydrogens is 412 g/mol. The molecule has 0 fully saturated rings. The van der Waals surface area contributed by atoms with Crippen LogP contribution in [0.2, 0.25) is 0 Å². The van der Waals surface area contributed by atoms with Crippen molar-refractivity contribution in [1.29, 1.82) is 0 Å². The first-order chi connectivity index (χ1) is 14.1. The average Bonchev–Trinajstić information content (AvgIpc) is 3.07. The van der Waals surface area contributed by atoms with Crippen LogP contribution in [-0.4, -0.2) is 41.0 Å². The molecule has 0 saturated heterocycles. The summed E-state index contributed by atoms with van der Waals surface area (Å²) >= 11 is 1.03. The summed E-state index contributed by atoms with van der Waals surface area (Å²) in [5.41, 5.74) is 1.19. The number of aromatic nitrogens is 1. The van der Waals surface area contributed by atoms with Crippen LogP contribution in [-0.2, 0) is 4.79 Å². The number of nitrogens with one attached hydrogen (secondary N) is 2. The topological polar surface area (TPSA) is 86.7 Å². The minimum atomic E-state index is -1.07. The Morgan fingerprint density at radius 1 is 1.23 bits per heavy atom. The van der Waals surface area contributed by atoms with Gasteiger partial charge in [0, 0.05) is 37.6 Å². The van der Waals surface area contributed by atoms with E-state index in [4.69, 9.17) is 0 Å². The molecule has 2 amide bonds. The van der Waals surface area contributed by atoms with E-state index in [-0.39, 0.29) is 17.2 Å². The first-order valence-corrected chi connectivity index (χ1v) is 9.49. The molecule has 0 bridgehead atoms. The van der Waals surface area contributed by atoms with Crippen molar-refractivity contribution in [2.24, 2.45) is 4.99 Å². The van der Waals surface area contributed by atoms with E-state index in [1.54, 1.807) is 27.9 Å². The number of benzene rings is 1. The van der Waals surface area contributed by atoms with E-state index in [1.807, 2.05) is 0 Å². The van der Waals surface area contributed by atoms with Crippen LogP contribution in [0.4, 0.5) is 19.5 Å². The van der Waals surface area contributed by atoms with Gasteiger partial charge < -0.3 is 15.5 Å². The van der Waals surface area contributed by atoms with Crippen molar-refractivity contribution in [1.82, 2.24) is 9.27 Å². The normalized spacial score (nSPS) is 11.8. The lowest BCUT2D eigenvalue weighted by molar-refractivity contribution is -0.124. The second kappa shape index (κ2) is 9.88. The van der Waals surface area contributed by atoms with Gasteiger partial charge in [-0.05, 0) is 43.6 Å². The molecule has 0 spiro atoms. The monoisotopic (exact) mass is 433 g/mol. The number of likely N-dealkylation sites (N-methyl/N-ethyl adjacent to an activating group) is 1. The number of hydrogen-bond acceptors (Lipinski definition) is 5. The molecule has 0 radical (unpaired) electrons. The molecule has 0 aliphatic heterocycles. The summed E-state index contributed by atoms with van der Waals surface area (Å²) in [6.07, 6.45) is 2.82. The number of rotatable bonds is 6. The predicted octanol–water partition coefficient (Wildman–Crippen LogP) is 3.97. The molecule has 0 aliphatic rings. The summed E-state index contributed by atoms with van der Waals surface area (Å²) in [6, 6.07) is 3.07. The highest BCUT2D eigenvalue weighted by Gasteiger charge is 2.20. The van der Waals surface area contributed by atoms with Crippen LogP contribution in [0, 0.1) is 18.6 Å². The summed E-state index contributed by atoms with van der Waals surface area (Å²) in [5, 5.41) is 5.85. The number of carbonyl (C=O) groups excluding carboxylic acids is 2. The van der Waals surface area contributed by atoms with Crippen LogP contribution in [0.3, 0.4) is 0 Å². The molecule has 30 heavy (non-hydrogen) atoms. The maximum absolute atomic E-state index is 13.4. The van der Waals surface area contributed by atoms with E-state index in [0.29, 0.717) is 22.1 Å². The highest BCUT2D eigenvalue weighted by molar-refractivity contribution is 7.11. The van der Waals surface area contributed by atoms with Crippen molar-refractivity contribution in [3.8, 4) is 0 Å². The molecule has 158 valence electrons. The van der Waals surface area contributed by atoms with Gasteiger partial charge in [-0.15, -0.1) is 0 Å². The van der Waals surface area contributed by atoms with Gasteiger partial charge in [-0.25, -0.2) is 13.8 Å². The van der Waals surface area contributed by atoms with Gasteiger partial charge in [0.2, 0.25) is 0 Å². The summed E-state index contributed by atoms with van der Waals surface area (Å²) in [4.78, 5) is 30.2. The van der Waals surface area contributed by atoms with E-state index in [2.05, 4.69) is 26.6 Å². The number of hydrogen-bond donors (Lipinski definition) is 2. The van der Waals surface area contributed by atoms with Gasteiger partial charge >= 0.3 is 0 Å². The Balaban J connectivity index is 2.25. The first-order valence-electron chi connectivity index (χ1n) is 8.72. The largest absolute Gasteiger partial charge is 0.345 e. The second-order valence-electron chi connectivity index (χ2n) is 6.41. The smallest absolute Gasteiger partial charge is 0.260 e. The summed E-state index contributed by atoms with van der Waals surface area (Å²) < 4.78 is 30.6. The molecule has 0 saturated carbocycles. The molecule has 1 aromatic carbocycles. The lowest BCUT2D eigenvalue weighted by Crippen LogP contribution is -2.22. The first kappa shape index (κ1) is 22.9. The minimum Gasteiger partial charge on any atom is -0.345 e. The molecule has 0 aliphatic carbocycles. The molecule has 0 unspecified atom stereocenters. The highest BCUT2D eigenvalue weighted by atomic mass is 32.1. The molecule has 10 heteroatoms. The van der Waals surface area contributed by atoms with E-state index < -0.39 is 17.5 Å². The Morgan fingerprint density at radius 2 is 1.93 bits per heavy atom.